The maximum Gasteiger partial charge on any atom is -0.00134 e. The highest BCUT2D eigenvalue weighted by Gasteiger charge is 2.21. The molecule has 1 aliphatic carbocycles. The summed E-state index contributed by atoms with van der Waals surface area (Å²) in [6.07, 6.45) is 1.09. The van der Waals surface area contributed by atoms with E-state index in [2.05, 4.69) is 63.2 Å². The third kappa shape index (κ3) is 1.68. The van der Waals surface area contributed by atoms with Crippen molar-refractivity contribution in [3.63, 3.8) is 0 Å². The van der Waals surface area contributed by atoms with Gasteiger partial charge in [-0.1, -0.05) is 63.2 Å². The smallest absolute Gasteiger partial charge is 0.00134 e. The molecule has 0 saturated heterocycles. The molecule has 0 spiro atoms. The van der Waals surface area contributed by atoms with Gasteiger partial charge in [0.1, 0.15) is 0 Å². The molecule has 0 saturated carbocycles. The van der Waals surface area contributed by atoms with Gasteiger partial charge in [0.2, 0.25) is 0 Å². The lowest BCUT2D eigenvalue weighted by Crippen LogP contribution is -2.11. The highest BCUT2D eigenvalue weighted by molar-refractivity contribution is 5.77. The number of fused-ring (bicyclic) bond motifs is 3. The highest BCUT2D eigenvalue weighted by Crippen LogP contribution is 2.38. The highest BCUT2D eigenvalue weighted by atomic mass is 14.2. The quantitative estimate of drug-likeness (QED) is 0.523. The van der Waals surface area contributed by atoms with Crippen LogP contribution in [0.2, 0.25) is 0 Å². The molecular weight excluding hydrogens is 204 g/mol. The molecule has 0 bridgehead atoms. The van der Waals surface area contributed by atoms with E-state index in [9.17, 15) is 0 Å². The first-order valence-corrected chi connectivity index (χ1v) is 6.27. The van der Waals surface area contributed by atoms with Crippen molar-refractivity contribution < 1.29 is 0 Å². The van der Waals surface area contributed by atoms with E-state index in [4.69, 9.17) is 0 Å². The van der Waals surface area contributed by atoms with E-state index < -0.39 is 0 Å². The van der Waals surface area contributed by atoms with Crippen molar-refractivity contribution >= 4 is 0 Å². The molecule has 0 unspecified atom stereocenters. The van der Waals surface area contributed by atoms with E-state index in [1.807, 2.05) is 0 Å². The Hall–Kier alpha value is -1.56. The molecule has 17 heavy (non-hydrogen) atoms. The number of benzene rings is 2. The first-order valence-electron chi connectivity index (χ1n) is 6.27. The van der Waals surface area contributed by atoms with Gasteiger partial charge in [-0.2, -0.15) is 0 Å². The summed E-state index contributed by atoms with van der Waals surface area (Å²) in [5.74, 6) is 0. The Morgan fingerprint density at radius 2 is 1.53 bits per heavy atom. The van der Waals surface area contributed by atoms with Gasteiger partial charge in [-0.3, -0.25) is 0 Å². The maximum atomic E-state index is 2.38. The molecule has 0 N–H and O–H groups in total. The molecule has 0 amide bonds. The van der Waals surface area contributed by atoms with Crippen LogP contribution in [0.15, 0.2) is 42.5 Å². The largest absolute Gasteiger partial charge is 0.0619 e. The molecule has 0 atom stereocenters. The van der Waals surface area contributed by atoms with Crippen LogP contribution in [-0.4, -0.2) is 0 Å². The maximum absolute atomic E-state index is 2.38. The summed E-state index contributed by atoms with van der Waals surface area (Å²) in [6, 6.07) is 15.7. The monoisotopic (exact) mass is 222 g/mol. The van der Waals surface area contributed by atoms with Crippen molar-refractivity contribution in [2.24, 2.45) is 0 Å². The first kappa shape index (κ1) is 10.6. The molecule has 0 heteroatoms. The Balaban J connectivity index is 2.13. The number of rotatable bonds is 0. The second-order valence-corrected chi connectivity index (χ2v) is 5.96. The zero-order valence-corrected chi connectivity index (χ0v) is 10.7. The van der Waals surface area contributed by atoms with Crippen molar-refractivity contribution in [1.82, 2.24) is 0 Å². The average Bonchev–Trinajstić information content (AvgIpc) is 2.65. The topological polar surface area (TPSA) is 0 Å². The van der Waals surface area contributed by atoms with Crippen LogP contribution < -0.4 is 0 Å². The minimum Gasteiger partial charge on any atom is -0.0619 e. The van der Waals surface area contributed by atoms with Crippen molar-refractivity contribution in [1.29, 1.82) is 0 Å². The minimum absolute atomic E-state index is 0.240. The van der Waals surface area contributed by atoms with Crippen LogP contribution in [-0.2, 0) is 11.8 Å². The molecule has 0 radical (unpaired) electrons. The molecule has 1 aliphatic rings. The van der Waals surface area contributed by atoms with Crippen molar-refractivity contribution in [3.05, 3.63) is 59.2 Å². The molecule has 2 aromatic carbocycles. The third-order valence-corrected chi connectivity index (χ3v) is 3.66. The van der Waals surface area contributed by atoms with Crippen molar-refractivity contribution in [3.8, 4) is 11.1 Å². The molecule has 3 rings (SSSR count). The van der Waals surface area contributed by atoms with Gasteiger partial charge in [-0.15, -0.1) is 0 Å². The SMILES string of the molecule is CC(C)(C)c1ccc2c(c1)Cc1ccccc1-2. The fraction of sp³-hybridized carbons (Fsp3) is 0.294. The predicted octanol–water partition coefficient (Wildman–Crippen LogP) is 4.56. The van der Waals surface area contributed by atoms with E-state index in [1.165, 1.54) is 27.8 Å². The molecular formula is C17H18. The van der Waals surface area contributed by atoms with E-state index >= 15 is 0 Å². The Morgan fingerprint density at radius 3 is 2.29 bits per heavy atom. The summed E-state index contributed by atoms with van der Waals surface area (Å²) < 4.78 is 0. The lowest BCUT2D eigenvalue weighted by atomic mass is 9.85. The van der Waals surface area contributed by atoms with Crippen LogP contribution in [0.5, 0.6) is 0 Å². The van der Waals surface area contributed by atoms with Crippen LogP contribution in [0.1, 0.15) is 37.5 Å². The Labute approximate surface area is 103 Å². The summed E-state index contributed by atoms with van der Waals surface area (Å²) in [5, 5.41) is 0. The van der Waals surface area contributed by atoms with E-state index in [1.54, 1.807) is 0 Å². The fourth-order valence-electron chi connectivity index (χ4n) is 2.61. The summed E-state index contributed by atoms with van der Waals surface area (Å²) >= 11 is 0. The summed E-state index contributed by atoms with van der Waals surface area (Å²) in [5.41, 5.74) is 7.47. The molecule has 0 aromatic heterocycles. The van der Waals surface area contributed by atoms with Gasteiger partial charge in [0.25, 0.3) is 0 Å². The predicted molar refractivity (Wildman–Crippen MR) is 73.4 cm³/mol. The molecule has 0 heterocycles. The first-order chi connectivity index (χ1) is 8.05. The molecule has 0 fully saturated rings. The normalized spacial score (nSPS) is 13.4. The Morgan fingerprint density at radius 1 is 0.824 bits per heavy atom. The van der Waals surface area contributed by atoms with Crippen molar-refractivity contribution in [2.45, 2.75) is 32.6 Å². The van der Waals surface area contributed by atoms with E-state index in [-0.39, 0.29) is 5.41 Å². The van der Waals surface area contributed by atoms with Gasteiger partial charge < -0.3 is 0 Å². The van der Waals surface area contributed by atoms with Gasteiger partial charge in [0.15, 0.2) is 0 Å². The second-order valence-electron chi connectivity index (χ2n) is 5.96. The third-order valence-electron chi connectivity index (χ3n) is 3.66. The Bertz CT molecular complexity index is 571. The fourth-order valence-corrected chi connectivity index (χ4v) is 2.61. The Kier molecular flexibility index (Phi) is 2.16. The summed E-state index contributed by atoms with van der Waals surface area (Å²) in [4.78, 5) is 0. The van der Waals surface area contributed by atoms with Gasteiger partial charge in [-0.05, 0) is 39.7 Å². The lowest BCUT2D eigenvalue weighted by Gasteiger charge is -2.20. The molecule has 0 aliphatic heterocycles. The van der Waals surface area contributed by atoms with E-state index in [0.717, 1.165) is 6.42 Å². The second kappa shape index (κ2) is 3.46. The van der Waals surface area contributed by atoms with Crippen LogP contribution in [0.3, 0.4) is 0 Å². The van der Waals surface area contributed by atoms with Gasteiger partial charge in [-0.25, -0.2) is 0 Å². The van der Waals surface area contributed by atoms with Crippen LogP contribution in [0.25, 0.3) is 11.1 Å². The zero-order valence-electron chi connectivity index (χ0n) is 10.7. The average molecular weight is 222 g/mol. The van der Waals surface area contributed by atoms with Crippen LogP contribution in [0.4, 0.5) is 0 Å². The molecule has 0 nitrogen and oxygen atoms in total. The van der Waals surface area contributed by atoms with Crippen LogP contribution in [0, 0.1) is 0 Å². The number of hydrogen-bond donors (Lipinski definition) is 0. The minimum atomic E-state index is 0.240. The zero-order chi connectivity index (χ0) is 12.0. The van der Waals surface area contributed by atoms with Crippen LogP contribution >= 0.6 is 0 Å². The van der Waals surface area contributed by atoms with Gasteiger partial charge in [0.05, 0.1) is 0 Å². The summed E-state index contributed by atoms with van der Waals surface area (Å²) in [7, 11) is 0. The standard InChI is InChI=1S/C17H18/c1-17(2,3)14-8-9-16-13(11-14)10-12-6-4-5-7-15(12)16/h4-9,11H,10H2,1-3H3. The molecule has 86 valence electrons. The van der Waals surface area contributed by atoms with Crippen molar-refractivity contribution in [2.75, 3.05) is 0 Å². The lowest BCUT2D eigenvalue weighted by molar-refractivity contribution is 0.590. The summed E-state index contributed by atoms with van der Waals surface area (Å²) in [6.45, 7) is 6.82. The van der Waals surface area contributed by atoms with Gasteiger partial charge in [0, 0.05) is 0 Å². The number of hydrogen-bond acceptors (Lipinski definition) is 0. The molecule has 2 aromatic rings. The van der Waals surface area contributed by atoms with E-state index in [0.29, 0.717) is 0 Å². The van der Waals surface area contributed by atoms with Gasteiger partial charge >= 0.3 is 0 Å².